The van der Waals surface area contributed by atoms with Crippen LogP contribution in [0.1, 0.15) is 12.0 Å². The highest BCUT2D eigenvalue weighted by molar-refractivity contribution is 5.17. The molecule has 1 saturated heterocycles. The van der Waals surface area contributed by atoms with E-state index in [4.69, 9.17) is 5.73 Å². The summed E-state index contributed by atoms with van der Waals surface area (Å²) >= 11 is 0. The molecule has 2 atom stereocenters. The number of nitrogens with one attached hydrogen (secondary N) is 2. The minimum Gasteiger partial charge on any atom is -0.330 e. The summed E-state index contributed by atoms with van der Waals surface area (Å²) in [5.74, 6) is 0.331. The Hall–Kier alpha value is -0.970. The van der Waals surface area contributed by atoms with Crippen molar-refractivity contribution in [1.82, 2.24) is 10.9 Å². The van der Waals surface area contributed by atoms with Gasteiger partial charge in [0.15, 0.2) is 0 Å². The van der Waals surface area contributed by atoms with Gasteiger partial charge in [0.25, 0.3) is 0 Å². The molecule has 0 aliphatic carbocycles. The third kappa shape index (κ3) is 2.78. The second-order valence-electron chi connectivity index (χ2n) is 4.30. The first-order valence-corrected chi connectivity index (χ1v) is 5.72. The molecule has 1 aliphatic rings. The maximum absolute atomic E-state index is 13.0. The molecule has 4 heteroatoms. The Morgan fingerprint density at radius 1 is 1.44 bits per heavy atom. The van der Waals surface area contributed by atoms with Gasteiger partial charge < -0.3 is 5.73 Å². The predicted octanol–water partition coefficient (Wildman–Crippen LogP) is 0.810. The third-order valence-corrected chi connectivity index (χ3v) is 3.09. The fraction of sp³-hybridized carbons (Fsp3) is 0.500. The number of hydrogen-bond acceptors (Lipinski definition) is 3. The van der Waals surface area contributed by atoms with Crippen molar-refractivity contribution in [3.8, 4) is 0 Å². The SMILES string of the molecule is NCCC1NNCC1Cc1cccc(F)c1. The van der Waals surface area contributed by atoms with Gasteiger partial charge in [-0.25, -0.2) is 4.39 Å². The molecular weight excluding hydrogens is 205 g/mol. The Bertz CT molecular complexity index is 343. The number of hydrogen-bond donors (Lipinski definition) is 3. The zero-order chi connectivity index (χ0) is 11.4. The molecule has 0 spiro atoms. The van der Waals surface area contributed by atoms with Crippen molar-refractivity contribution in [3.05, 3.63) is 35.6 Å². The first-order chi connectivity index (χ1) is 7.79. The standard InChI is InChI=1S/C12H18FN3/c13-11-3-1-2-9(7-11)6-10-8-15-16-12(10)4-5-14/h1-3,7,10,12,15-16H,4-6,8,14H2. The lowest BCUT2D eigenvalue weighted by molar-refractivity contribution is 0.432. The molecule has 0 amide bonds. The van der Waals surface area contributed by atoms with Crippen molar-refractivity contribution in [2.45, 2.75) is 18.9 Å². The summed E-state index contributed by atoms with van der Waals surface area (Å²) in [7, 11) is 0. The molecule has 0 saturated carbocycles. The third-order valence-electron chi connectivity index (χ3n) is 3.09. The molecule has 1 aromatic rings. The van der Waals surface area contributed by atoms with Crippen LogP contribution < -0.4 is 16.6 Å². The molecule has 3 nitrogen and oxygen atoms in total. The van der Waals surface area contributed by atoms with Gasteiger partial charge in [0.05, 0.1) is 0 Å². The lowest BCUT2D eigenvalue weighted by atomic mass is 9.92. The number of hydrazine groups is 1. The summed E-state index contributed by atoms with van der Waals surface area (Å²) in [5, 5.41) is 0. The van der Waals surface area contributed by atoms with Gasteiger partial charge >= 0.3 is 0 Å². The smallest absolute Gasteiger partial charge is 0.123 e. The van der Waals surface area contributed by atoms with Gasteiger partial charge in [0, 0.05) is 12.6 Å². The molecule has 2 rings (SSSR count). The van der Waals surface area contributed by atoms with E-state index in [1.807, 2.05) is 6.07 Å². The Morgan fingerprint density at radius 2 is 2.31 bits per heavy atom. The van der Waals surface area contributed by atoms with Gasteiger partial charge in [-0.05, 0) is 43.0 Å². The van der Waals surface area contributed by atoms with E-state index in [1.165, 1.54) is 6.07 Å². The molecule has 0 aromatic heterocycles. The average molecular weight is 223 g/mol. The zero-order valence-corrected chi connectivity index (χ0v) is 9.25. The molecule has 0 radical (unpaired) electrons. The number of nitrogens with two attached hydrogens (primary N) is 1. The largest absolute Gasteiger partial charge is 0.330 e. The molecule has 2 unspecified atom stereocenters. The molecular formula is C12H18FN3. The second-order valence-corrected chi connectivity index (χ2v) is 4.30. The summed E-state index contributed by atoms with van der Waals surface area (Å²) < 4.78 is 13.0. The first kappa shape index (κ1) is 11.5. The Kier molecular flexibility index (Phi) is 3.88. The van der Waals surface area contributed by atoms with E-state index in [0.29, 0.717) is 18.5 Å². The number of rotatable bonds is 4. The minimum atomic E-state index is -0.160. The van der Waals surface area contributed by atoms with Crippen molar-refractivity contribution in [2.75, 3.05) is 13.1 Å². The van der Waals surface area contributed by atoms with Crippen LogP contribution >= 0.6 is 0 Å². The van der Waals surface area contributed by atoms with E-state index in [0.717, 1.165) is 24.9 Å². The highest BCUT2D eigenvalue weighted by atomic mass is 19.1. The maximum atomic E-state index is 13.0. The van der Waals surface area contributed by atoms with E-state index in [-0.39, 0.29) is 5.82 Å². The van der Waals surface area contributed by atoms with Gasteiger partial charge in [0.2, 0.25) is 0 Å². The van der Waals surface area contributed by atoms with Gasteiger partial charge in [-0.15, -0.1) is 0 Å². The fourth-order valence-electron chi connectivity index (χ4n) is 2.25. The zero-order valence-electron chi connectivity index (χ0n) is 9.25. The summed E-state index contributed by atoms with van der Waals surface area (Å²) in [4.78, 5) is 0. The van der Waals surface area contributed by atoms with Gasteiger partial charge in [0.1, 0.15) is 5.82 Å². The Balaban J connectivity index is 1.98. The quantitative estimate of drug-likeness (QED) is 0.708. The van der Waals surface area contributed by atoms with Crippen LogP contribution in [0.4, 0.5) is 4.39 Å². The summed E-state index contributed by atoms with van der Waals surface area (Å²) in [6.45, 7) is 1.60. The van der Waals surface area contributed by atoms with Crippen LogP contribution in [-0.2, 0) is 6.42 Å². The predicted molar refractivity (Wildman–Crippen MR) is 62.2 cm³/mol. The van der Waals surface area contributed by atoms with Crippen LogP contribution in [0, 0.1) is 11.7 Å². The van der Waals surface area contributed by atoms with Crippen molar-refractivity contribution < 1.29 is 4.39 Å². The molecule has 88 valence electrons. The summed E-state index contributed by atoms with van der Waals surface area (Å²) in [6.07, 6.45) is 1.84. The molecule has 0 bridgehead atoms. The van der Waals surface area contributed by atoms with Crippen LogP contribution in [0.2, 0.25) is 0 Å². The Morgan fingerprint density at radius 3 is 3.06 bits per heavy atom. The molecule has 1 aromatic carbocycles. The maximum Gasteiger partial charge on any atom is 0.123 e. The molecule has 1 aliphatic heterocycles. The van der Waals surface area contributed by atoms with Gasteiger partial charge in [-0.2, -0.15) is 0 Å². The monoisotopic (exact) mass is 223 g/mol. The molecule has 1 fully saturated rings. The Labute approximate surface area is 95.2 Å². The fourth-order valence-corrected chi connectivity index (χ4v) is 2.25. The minimum absolute atomic E-state index is 0.160. The summed E-state index contributed by atoms with van der Waals surface area (Å²) in [5.41, 5.74) is 13.0. The van der Waals surface area contributed by atoms with Crippen molar-refractivity contribution in [2.24, 2.45) is 11.7 Å². The lowest BCUT2D eigenvalue weighted by Crippen LogP contribution is -2.33. The van der Waals surface area contributed by atoms with E-state index in [9.17, 15) is 4.39 Å². The van der Waals surface area contributed by atoms with Crippen LogP contribution in [0.5, 0.6) is 0 Å². The van der Waals surface area contributed by atoms with Crippen molar-refractivity contribution in [3.63, 3.8) is 0 Å². The van der Waals surface area contributed by atoms with Crippen LogP contribution in [0.3, 0.4) is 0 Å². The molecule has 16 heavy (non-hydrogen) atoms. The van der Waals surface area contributed by atoms with Gasteiger partial charge in [-0.3, -0.25) is 10.9 Å². The van der Waals surface area contributed by atoms with E-state index in [2.05, 4.69) is 10.9 Å². The van der Waals surface area contributed by atoms with Crippen molar-refractivity contribution >= 4 is 0 Å². The topological polar surface area (TPSA) is 50.1 Å². The number of halogens is 1. The van der Waals surface area contributed by atoms with E-state index < -0.39 is 0 Å². The van der Waals surface area contributed by atoms with E-state index >= 15 is 0 Å². The van der Waals surface area contributed by atoms with E-state index in [1.54, 1.807) is 12.1 Å². The second kappa shape index (κ2) is 5.39. The van der Waals surface area contributed by atoms with Crippen LogP contribution in [0.25, 0.3) is 0 Å². The molecule has 4 N–H and O–H groups in total. The lowest BCUT2D eigenvalue weighted by Gasteiger charge is -2.17. The normalized spacial score (nSPS) is 24.9. The highest BCUT2D eigenvalue weighted by Crippen LogP contribution is 2.17. The van der Waals surface area contributed by atoms with Crippen molar-refractivity contribution in [1.29, 1.82) is 0 Å². The van der Waals surface area contributed by atoms with Crippen LogP contribution in [0.15, 0.2) is 24.3 Å². The highest BCUT2D eigenvalue weighted by Gasteiger charge is 2.25. The van der Waals surface area contributed by atoms with Gasteiger partial charge in [-0.1, -0.05) is 12.1 Å². The van der Waals surface area contributed by atoms with Crippen LogP contribution in [-0.4, -0.2) is 19.1 Å². The molecule has 1 heterocycles. The summed E-state index contributed by atoms with van der Waals surface area (Å²) in [6, 6.07) is 7.22. The average Bonchev–Trinajstić information content (AvgIpc) is 2.66. The first-order valence-electron chi connectivity index (χ1n) is 5.72. The number of benzene rings is 1.